The van der Waals surface area contributed by atoms with E-state index in [0.717, 1.165) is 11.1 Å². The number of rotatable bonds is 6. The first-order valence-corrected chi connectivity index (χ1v) is 6.89. The number of aliphatic hydroxyl groups is 2. The van der Waals surface area contributed by atoms with Crippen molar-refractivity contribution in [3.05, 3.63) is 60.2 Å². The van der Waals surface area contributed by atoms with Gasteiger partial charge in [0, 0.05) is 13.1 Å². The number of nitrogens with one attached hydrogen (secondary N) is 1. The number of hydrogen-bond donors (Lipinski definition) is 3. The molecule has 0 aliphatic rings. The fourth-order valence-electron chi connectivity index (χ4n) is 2.08. The van der Waals surface area contributed by atoms with Gasteiger partial charge in [-0.1, -0.05) is 54.6 Å². The summed E-state index contributed by atoms with van der Waals surface area (Å²) in [6, 6.07) is 18.1. The topological polar surface area (TPSA) is 52.5 Å². The lowest BCUT2D eigenvalue weighted by atomic mass is 10.0. The van der Waals surface area contributed by atoms with Crippen molar-refractivity contribution < 1.29 is 10.2 Å². The van der Waals surface area contributed by atoms with Gasteiger partial charge in [-0.25, -0.2) is 0 Å². The summed E-state index contributed by atoms with van der Waals surface area (Å²) in [6.07, 6.45) is -0.957. The van der Waals surface area contributed by atoms with Crippen molar-refractivity contribution in [2.45, 2.75) is 19.1 Å². The first-order valence-electron chi connectivity index (χ1n) is 6.89. The Morgan fingerprint density at radius 2 is 1.45 bits per heavy atom. The summed E-state index contributed by atoms with van der Waals surface area (Å²) < 4.78 is 0. The zero-order chi connectivity index (χ0) is 14.4. The fraction of sp³-hybridized carbons (Fsp3) is 0.294. The normalized spacial score (nSPS) is 13.9. The van der Waals surface area contributed by atoms with Gasteiger partial charge in [0.1, 0.15) is 0 Å². The molecular formula is C17H21NO2. The summed E-state index contributed by atoms with van der Waals surface area (Å²) in [5.74, 6) is 0. The minimum atomic E-state index is -0.557. The van der Waals surface area contributed by atoms with Crippen LogP contribution >= 0.6 is 0 Å². The second kappa shape index (κ2) is 7.20. The molecule has 3 N–H and O–H groups in total. The Balaban J connectivity index is 1.97. The summed E-state index contributed by atoms with van der Waals surface area (Å²) in [6.45, 7) is 2.64. The second-order valence-corrected chi connectivity index (χ2v) is 5.01. The molecule has 0 aliphatic heterocycles. The Labute approximate surface area is 119 Å². The van der Waals surface area contributed by atoms with E-state index in [9.17, 15) is 5.11 Å². The molecule has 0 spiro atoms. The largest absolute Gasteiger partial charge is 0.392 e. The summed E-state index contributed by atoms with van der Waals surface area (Å²) in [5.41, 5.74) is 3.18. The highest BCUT2D eigenvalue weighted by Crippen LogP contribution is 2.21. The lowest BCUT2D eigenvalue weighted by Gasteiger charge is -2.13. The van der Waals surface area contributed by atoms with Crippen LogP contribution in [0.15, 0.2) is 54.6 Å². The average molecular weight is 271 g/mol. The summed E-state index contributed by atoms with van der Waals surface area (Å²) >= 11 is 0. The van der Waals surface area contributed by atoms with E-state index in [1.165, 1.54) is 5.56 Å². The highest BCUT2D eigenvalue weighted by Gasteiger charge is 2.07. The van der Waals surface area contributed by atoms with Crippen LogP contribution in [0.4, 0.5) is 0 Å². The Morgan fingerprint density at radius 3 is 2.05 bits per heavy atom. The predicted molar refractivity (Wildman–Crippen MR) is 81.4 cm³/mol. The molecule has 3 heteroatoms. The molecule has 0 amide bonds. The highest BCUT2D eigenvalue weighted by atomic mass is 16.3. The van der Waals surface area contributed by atoms with Crippen molar-refractivity contribution in [3.63, 3.8) is 0 Å². The maximum absolute atomic E-state index is 10.1. The molecule has 0 aromatic heterocycles. The molecule has 2 unspecified atom stereocenters. The van der Waals surface area contributed by atoms with Gasteiger partial charge in [-0.05, 0) is 23.6 Å². The summed E-state index contributed by atoms with van der Waals surface area (Å²) in [7, 11) is 0. The van der Waals surface area contributed by atoms with Crippen molar-refractivity contribution in [1.82, 2.24) is 5.32 Å². The monoisotopic (exact) mass is 271 g/mol. The average Bonchev–Trinajstić information content (AvgIpc) is 2.48. The van der Waals surface area contributed by atoms with E-state index in [0.29, 0.717) is 13.1 Å². The third-order valence-corrected chi connectivity index (χ3v) is 3.18. The van der Waals surface area contributed by atoms with Crippen LogP contribution in [0, 0.1) is 0 Å². The van der Waals surface area contributed by atoms with Crippen LogP contribution in [-0.4, -0.2) is 29.4 Å². The number of aliphatic hydroxyl groups excluding tert-OH is 2. The molecule has 0 radical (unpaired) electrons. The van der Waals surface area contributed by atoms with Gasteiger partial charge in [-0.15, -0.1) is 0 Å². The van der Waals surface area contributed by atoms with Gasteiger partial charge in [-0.3, -0.25) is 0 Å². The first-order chi connectivity index (χ1) is 9.66. The van der Waals surface area contributed by atoms with E-state index in [2.05, 4.69) is 17.4 Å². The van der Waals surface area contributed by atoms with E-state index >= 15 is 0 Å². The van der Waals surface area contributed by atoms with E-state index in [1.807, 2.05) is 42.5 Å². The summed E-state index contributed by atoms with van der Waals surface area (Å²) in [5, 5.41) is 22.2. The molecule has 0 fully saturated rings. The van der Waals surface area contributed by atoms with Gasteiger partial charge in [0.2, 0.25) is 0 Å². The molecule has 2 rings (SSSR count). The predicted octanol–water partition coefficient (Wildman–Crippen LogP) is 2.36. The molecule has 0 saturated carbocycles. The third-order valence-electron chi connectivity index (χ3n) is 3.18. The van der Waals surface area contributed by atoms with Gasteiger partial charge >= 0.3 is 0 Å². The maximum Gasteiger partial charge on any atom is 0.0914 e. The molecule has 106 valence electrons. The van der Waals surface area contributed by atoms with Gasteiger partial charge < -0.3 is 15.5 Å². The highest BCUT2D eigenvalue weighted by molar-refractivity contribution is 5.63. The Morgan fingerprint density at radius 1 is 0.850 bits per heavy atom. The quantitative estimate of drug-likeness (QED) is 0.756. The zero-order valence-electron chi connectivity index (χ0n) is 11.7. The van der Waals surface area contributed by atoms with Crippen molar-refractivity contribution in [3.8, 4) is 11.1 Å². The van der Waals surface area contributed by atoms with Crippen molar-refractivity contribution >= 4 is 0 Å². The van der Waals surface area contributed by atoms with Crippen LogP contribution in [0.3, 0.4) is 0 Å². The maximum atomic E-state index is 10.1. The minimum Gasteiger partial charge on any atom is -0.392 e. The molecule has 20 heavy (non-hydrogen) atoms. The van der Waals surface area contributed by atoms with Crippen LogP contribution in [0.5, 0.6) is 0 Å². The van der Waals surface area contributed by atoms with E-state index in [4.69, 9.17) is 5.11 Å². The van der Waals surface area contributed by atoms with Gasteiger partial charge in [-0.2, -0.15) is 0 Å². The minimum absolute atomic E-state index is 0.400. The van der Waals surface area contributed by atoms with Crippen LogP contribution in [0.1, 0.15) is 18.6 Å². The van der Waals surface area contributed by atoms with Crippen LogP contribution < -0.4 is 5.32 Å². The smallest absolute Gasteiger partial charge is 0.0914 e. The summed E-state index contributed by atoms with van der Waals surface area (Å²) in [4.78, 5) is 0. The molecule has 2 aromatic rings. The zero-order valence-corrected chi connectivity index (χ0v) is 11.7. The van der Waals surface area contributed by atoms with Crippen LogP contribution in [-0.2, 0) is 0 Å². The lowest BCUT2D eigenvalue weighted by Crippen LogP contribution is -2.28. The molecule has 0 heterocycles. The van der Waals surface area contributed by atoms with Crippen molar-refractivity contribution in [1.29, 1.82) is 0 Å². The van der Waals surface area contributed by atoms with Crippen molar-refractivity contribution in [2.24, 2.45) is 0 Å². The van der Waals surface area contributed by atoms with Crippen LogP contribution in [0.2, 0.25) is 0 Å². The standard InChI is InChI=1S/C17H21NO2/c1-13(19)11-18-12-17(20)16-9-7-15(8-10-16)14-5-3-2-4-6-14/h2-10,13,17-20H,11-12H2,1H3. The Hall–Kier alpha value is -1.68. The van der Waals surface area contributed by atoms with Gasteiger partial charge in [0.25, 0.3) is 0 Å². The Kier molecular flexibility index (Phi) is 5.30. The molecule has 0 aliphatic carbocycles. The van der Waals surface area contributed by atoms with E-state index < -0.39 is 12.2 Å². The second-order valence-electron chi connectivity index (χ2n) is 5.01. The third kappa shape index (κ3) is 4.17. The molecule has 2 aromatic carbocycles. The number of hydrogen-bond acceptors (Lipinski definition) is 3. The van der Waals surface area contributed by atoms with Crippen molar-refractivity contribution in [2.75, 3.05) is 13.1 Å². The van der Waals surface area contributed by atoms with E-state index in [-0.39, 0.29) is 0 Å². The molecule has 0 saturated heterocycles. The molecule has 0 bridgehead atoms. The molecular weight excluding hydrogens is 250 g/mol. The number of benzene rings is 2. The molecule has 2 atom stereocenters. The lowest BCUT2D eigenvalue weighted by molar-refractivity contribution is 0.155. The van der Waals surface area contributed by atoms with Gasteiger partial charge in [0.05, 0.1) is 12.2 Å². The van der Waals surface area contributed by atoms with Crippen LogP contribution in [0.25, 0.3) is 11.1 Å². The fourth-order valence-corrected chi connectivity index (χ4v) is 2.08. The van der Waals surface area contributed by atoms with Gasteiger partial charge in [0.15, 0.2) is 0 Å². The Bertz CT molecular complexity index is 508. The van der Waals surface area contributed by atoms with E-state index in [1.54, 1.807) is 6.92 Å². The first kappa shape index (κ1) is 14.7. The molecule has 3 nitrogen and oxygen atoms in total. The SMILES string of the molecule is CC(O)CNCC(O)c1ccc(-c2ccccc2)cc1.